The molecule has 0 saturated carbocycles. The molecule has 0 saturated heterocycles. The van der Waals surface area contributed by atoms with E-state index < -0.39 is 0 Å². The van der Waals surface area contributed by atoms with Gasteiger partial charge >= 0.3 is 0 Å². The molecule has 1 aromatic carbocycles. The van der Waals surface area contributed by atoms with E-state index in [1.165, 1.54) is 24.8 Å². The van der Waals surface area contributed by atoms with Gasteiger partial charge in [0.1, 0.15) is 5.75 Å². The number of aryl methyl sites for hydroxylation is 3. The predicted molar refractivity (Wildman–Crippen MR) is 60.8 cm³/mol. The van der Waals surface area contributed by atoms with E-state index in [9.17, 15) is 5.11 Å². The summed E-state index contributed by atoms with van der Waals surface area (Å²) >= 11 is 0. The highest BCUT2D eigenvalue weighted by Gasteiger charge is 2.02. The SMILES string of the molecule is CCCCCc1cc(C)c(O)c(C)c1. The van der Waals surface area contributed by atoms with Crippen LogP contribution in [0.4, 0.5) is 0 Å². The summed E-state index contributed by atoms with van der Waals surface area (Å²) in [5, 5.41) is 9.60. The molecule has 14 heavy (non-hydrogen) atoms. The van der Waals surface area contributed by atoms with Crippen molar-refractivity contribution >= 4 is 0 Å². The van der Waals surface area contributed by atoms with Crippen LogP contribution >= 0.6 is 0 Å². The van der Waals surface area contributed by atoms with Gasteiger partial charge in [-0.2, -0.15) is 0 Å². The molecule has 1 nitrogen and oxygen atoms in total. The Morgan fingerprint density at radius 3 is 2.14 bits per heavy atom. The van der Waals surface area contributed by atoms with Gasteiger partial charge < -0.3 is 5.11 Å². The van der Waals surface area contributed by atoms with Gasteiger partial charge in [-0.25, -0.2) is 0 Å². The molecule has 0 radical (unpaired) electrons. The molecule has 0 unspecified atom stereocenters. The second-order valence-electron chi connectivity index (χ2n) is 4.04. The van der Waals surface area contributed by atoms with Crippen molar-refractivity contribution in [3.05, 3.63) is 28.8 Å². The first kappa shape index (κ1) is 11.1. The van der Waals surface area contributed by atoms with Gasteiger partial charge in [-0.15, -0.1) is 0 Å². The van der Waals surface area contributed by atoms with E-state index in [0.29, 0.717) is 5.75 Å². The molecule has 0 fully saturated rings. The van der Waals surface area contributed by atoms with Gasteiger partial charge in [0, 0.05) is 0 Å². The Balaban J connectivity index is 2.69. The lowest BCUT2D eigenvalue weighted by molar-refractivity contribution is 0.466. The van der Waals surface area contributed by atoms with Crippen LogP contribution in [-0.2, 0) is 6.42 Å². The number of aromatic hydroxyl groups is 1. The van der Waals surface area contributed by atoms with E-state index in [4.69, 9.17) is 0 Å². The van der Waals surface area contributed by atoms with E-state index in [1.807, 2.05) is 13.8 Å². The van der Waals surface area contributed by atoms with Gasteiger partial charge in [-0.05, 0) is 43.4 Å². The highest BCUT2D eigenvalue weighted by atomic mass is 16.3. The Bertz CT molecular complexity index is 279. The fraction of sp³-hybridized carbons (Fsp3) is 0.538. The largest absolute Gasteiger partial charge is 0.507 e. The summed E-state index contributed by atoms with van der Waals surface area (Å²) in [6.07, 6.45) is 4.94. The van der Waals surface area contributed by atoms with Gasteiger partial charge in [0.25, 0.3) is 0 Å². The van der Waals surface area contributed by atoms with E-state index in [-0.39, 0.29) is 0 Å². The third-order valence-electron chi connectivity index (χ3n) is 2.62. The zero-order valence-electron chi connectivity index (χ0n) is 9.43. The topological polar surface area (TPSA) is 20.2 Å². The first-order chi connectivity index (χ1) is 6.65. The quantitative estimate of drug-likeness (QED) is 0.720. The van der Waals surface area contributed by atoms with Crippen molar-refractivity contribution in [3.63, 3.8) is 0 Å². The molecule has 1 heteroatoms. The molecule has 0 aromatic heterocycles. The number of phenolic OH excluding ortho intramolecular Hbond substituents is 1. The lowest BCUT2D eigenvalue weighted by atomic mass is 10.0. The van der Waals surface area contributed by atoms with Gasteiger partial charge in [-0.1, -0.05) is 31.9 Å². The molecule has 78 valence electrons. The van der Waals surface area contributed by atoms with E-state index in [1.54, 1.807) is 0 Å². The molecule has 0 aliphatic heterocycles. The minimum absolute atomic E-state index is 0.448. The number of hydrogen-bond donors (Lipinski definition) is 1. The maximum absolute atomic E-state index is 9.60. The highest BCUT2D eigenvalue weighted by Crippen LogP contribution is 2.23. The molecule has 0 amide bonds. The van der Waals surface area contributed by atoms with Crippen LogP contribution in [-0.4, -0.2) is 5.11 Å². The van der Waals surface area contributed by atoms with Crippen LogP contribution in [0.15, 0.2) is 12.1 Å². The number of phenols is 1. The van der Waals surface area contributed by atoms with Crippen molar-refractivity contribution in [3.8, 4) is 5.75 Å². The summed E-state index contributed by atoms with van der Waals surface area (Å²) in [7, 11) is 0. The minimum atomic E-state index is 0.448. The predicted octanol–water partition coefficient (Wildman–Crippen LogP) is 3.74. The Morgan fingerprint density at radius 1 is 1.07 bits per heavy atom. The minimum Gasteiger partial charge on any atom is -0.507 e. The first-order valence-electron chi connectivity index (χ1n) is 5.44. The molecule has 1 aromatic rings. The fourth-order valence-electron chi connectivity index (χ4n) is 1.77. The summed E-state index contributed by atoms with van der Waals surface area (Å²) in [6, 6.07) is 4.19. The highest BCUT2D eigenvalue weighted by molar-refractivity contribution is 5.42. The number of benzene rings is 1. The monoisotopic (exact) mass is 192 g/mol. The summed E-state index contributed by atoms with van der Waals surface area (Å²) in [4.78, 5) is 0. The van der Waals surface area contributed by atoms with Crippen LogP contribution < -0.4 is 0 Å². The van der Waals surface area contributed by atoms with E-state index >= 15 is 0 Å². The molecule has 1 N–H and O–H groups in total. The van der Waals surface area contributed by atoms with Crippen molar-refractivity contribution in [1.29, 1.82) is 0 Å². The summed E-state index contributed by atoms with van der Waals surface area (Å²) in [5.74, 6) is 0.448. The molecular weight excluding hydrogens is 172 g/mol. The summed E-state index contributed by atoms with van der Waals surface area (Å²) in [5.41, 5.74) is 3.35. The Kier molecular flexibility index (Phi) is 3.99. The number of rotatable bonds is 4. The Morgan fingerprint density at radius 2 is 1.64 bits per heavy atom. The lowest BCUT2D eigenvalue weighted by Gasteiger charge is -2.07. The standard InChI is InChI=1S/C13H20O/c1-4-5-6-7-12-8-10(2)13(14)11(3)9-12/h8-9,14H,4-7H2,1-3H3. The van der Waals surface area contributed by atoms with Gasteiger partial charge in [-0.3, -0.25) is 0 Å². The molecule has 1 rings (SSSR count). The van der Waals surface area contributed by atoms with Crippen molar-refractivity contribution in [2.45, 2.75) is 46.5 Å². The number of hydrogen-bond acceptors (Lipinski definition) is 1. The third kappa shape index (κ3) is 2.76. The van der Waals surface area contributed by atoms with Crippen molar-refractivity contribution in [2.24, 2.45) is 0 Å². The van der Waals surface area contributed by atoms with Crippen LogP contribution in [0.25, 0.3) is 0 Å². The van der Waals surface area contributed by atoms with Crippen LogP contribution in [0.5, 0.6) is 5.75 Å². The van der Waals surface area contributed by atoms with E-state index in [0.717, 1.165) is 17.5 Å². The first-order valence-corrected chi connectivity index (χ1v) is 5.44. The fourth-order valence-corrected chi connectivity index (χ4v) is 1.77. The zero-order chi connectivity index (χ0) is 10.6. The smallest absolute Gasteiger partial charge is 0.121 e. The normalized spacial score (nSPS) is 10.5. The van der Waals surface area contributed by atoms with Crippen LogP contribution in [0.1, 0.15) is 42.9 Å². The van der Waals surface area contributed by atoms with Crippen LogP contribution in [0, 0.1) is 13.8 Å². The molecule has 0 heterocycles. The van der Waals surface area contributed by atoms with Gasteiger partial charge in [0.05, 0.1) is 0 Å². The van der Waals surface area contributed by atoms with Gasteiger partial charge in [0.15, 0.2) is 0 Å². The summed E-state index contributed by atoms with van der Waals surface area (Å²) < 4.78 is 0. The summed E-state index contributed by atoms with van der Waals surface area (Å²) in [6.45, 7) is 6.14. The molecule has 0 spiro atoms. The maximum atomic E-state index is 9.60. The van der Waals surface area contributed by atoms with Crippen molar-refractivity contribution in [2.75, 3.05) is 0 Å². The molecule has 0 aliphatic rings. The molecule has 0 bridgehead atoms. The molecular formula is C13H20O. The van der Waals surface area contributed by atoms with Crippen LogP contribution in [0.3, 0.4) is 0 Å². The molecule has 0 aliphatic carbocycles. The third-order valence-corrected chi connectivity index (χ3v) is 2.62. The average Bonchev–Trinajstić information content (AvgIpc) is 2.14. The Hall–Kier alpha value is -0.980. The van der Waals surface area contributed by atoms with Gasteiger partial charge in [0.2, 0.25) is 0 Å². The molecule has 0 atom stereocenters. The average molecular weight is 192 g/mol. The lowest BCUT2D eigenvalue weighted by Crippen LogP contribution is -1.89. The number of unbranched alkanes of at least 4 members (excludes halogenated alkanes) is 2. The van der Waals surface area contributed by atoms with Crippen molar-refractivity contribution < 1.29 is 5.11 Å². The van der Waals surface area contributed by atoms with Crippen LogP contribution in [0.2, 0.25) is 0 Å². The Labute approximate surface area is 86.8 Å². The second kappa shape index (κ2) is 5.04. The maximum Gasteiger partial charge on any atom is 0.121 e. The van der Waals surface area contributed by atoms with E-state index in [2.05, 4.69) is 19.1 Å². The van der Waals surface area contributed by atoms with Crippen molar-refractivity contribution in [1.82, 2.24) is 0 Å². The zero-order valence-corrected chi connectivity index (χ0v) is 9.43. The second-order valence-corrected chi connectivity index (χ2v) is 4.04.